The minimum absolute atomic E-state index is 0.0556. The van der Waals surface area contributed by atoms with E-state index in [2.05, 4.69) is 10.6 Å². The number of rotatable bonds is 3. The van der Waals surface area contributed by atoms with Gasteiger partial charge in [0.1, 0.15) is 0 Å². The summed E-state index contributed by atoms with van der Waals surface area (Å²) >= 11 is 0. The molecule has 100 valence electrons. The van der Waals surface area contributed by atoms with Gasteiger partial charge >= 0.3 is 0 Å². The van der Waals surface area contributed by atoms with Crippen LogP contribution in [0.3, 0.4) is 0 Å². The third-order valence-corrected chi connectivity index (χ3v) is 2.83. The Morgan fingerprint density at radius 3 is 2.68 bits per heavy atom. The Hall–Kier alpha value is -2.37. The van der Waals surface area contributed by atoms with E-state index < -0.39 is 0 Å². The van der Waals surface area contributed by atoms with Crippen molar-refractivity contribution in [2.24, 2.45) is 0 Å². The van der Waals surface area contributed by atoms with Gasteiger partial charge in [0.25, 0.3) is 5.91 Å². The fraction of sp³-hybridized carbons (Fsp3) is 0.308. The van der Waals surface area contributed by atoms with Crippen molar-refractivity contribution in [3.05, 3.63) is 35.9 Å². The molecule has 0 spiro atoms. The van der Waals surface area contributed by atoms with Crippen LogP contribution in [0.2, 0.25) is 0 Å². The van der Waals surface area contributed by atoms with E-state index in [1.807, 2.05) is 6.07 Å². The van der Waals surface area contributed by atoms with E-state index in [0.29, 0.717) is 18.7 Å². The first-order chi connectivity index (χ1) is 9.16. The van der Waals surface area contributed by atoms with E-state index in [-0.39, 0.29) is 30.8 Å². The summed E-state index contributed by atoms with van der Waals surface area (Å²) in [6, 6.07) is 8.67. The summed E-state index contributed by atoms with van der Waals surface area (Å²) in [4.78, 5) is 36.1. The molecular weight excluding hydrogens is 246 g/mol. The number of piperazine rings is 1. The summed E-state index contributed by atoms with van der Waals surface area (Å²) in [5, 5.41) is 5.19. The quantitative estimate of drug-likeness (QED) is 0.761. The van der Waals surface area contributed by atoms with E-state index in [1.54, 1.807) is 24.3 Å². The van der Waals surface area contributed by atoms with Gasteiger partial charge in [0.2, 0.25) is 11.8 Å². The van der Waals surface area contributed by atoms with Gasteiger partial charge < -0.3 is 15.5 Å². The summed E-state index contributed by atoms with van der Waals surface area (Å²) in [5.41, 5.74) is 0.506. The number of nitrogens with one attached hydrogen (secondary N) is 2. The number of nitrogens with zero attached hydrogens (tertiary/aromatic N) is 1. The van der Waals surface area contributed by atoms with Gasteiger partial charge in [-0.2, -0.15) is 0 Å². The number of hydrogen-bond acceptors (Lipinski definition) is 3. The lowest BCUT2D eigenvalue weighted by atomic mass is 10.2. The lowest BCUT2D eigenvalue weighted by Crippen LogP contribution is -2.52. The van der Waals surface area contributed by atoms with E-state index in [4.69, 9.17) is 0 Å². The van der Waals surface area contributed by atoms with Gasteiger partial charge in [0, 0.05) is 18.7 Å². The van der Waals surface area contributed by atoms with Gasteiger partial charge in [-0.1, -0.05) is 18.2 Å². The maximum atomic E-state index is 11.8. The van der Waals surface area contributed by atoms with Crippen LogP contribution in [0.1, 0.15) is 10.4 Å². The number of amides is 3. The molecule has 1 aromatic rings. The molecule has 1 aromatic carbocycles. The van der Waals surface area contributed by atoms with Gasteiger partial charge in [-0.25, -0.2) is 0 Å². The maximum absolute atomic E-state index is 11.8. The van der Waals surface area contributed by atoms with Crippen molar-refractivity contribution >= 4 is 17.7 Å². The van der Waals surface area contributed by atoms with E-state index in [1.165, 1.54) is 4.90 Å². The first-order valence-electron chi connectivity index (χ1n) is 6.04. The summed E-state index contributed by atoms with van der Waals surface area (Å²) in [6.07, 6.45) is 0. The minimum Gasteiger partial charge on any atom is -0.353 e. The average molecular weight is 261 g/mol. The minimum atomic E-state index is -0.296. The van der Waals surface area contributed by atoms with Gasteiger partial charge in [-0.05, 0) is 12.1 Å². The van der Waals surface area contributed by atoms with E-state index in [9.17, 15) is 14.4 Å². The summed E-state index contributed by atoms with van der Waals surface area (Å²) in [7, 11) is 0. The molecule has 0 atom stereocenters. The number of benzene rings is 1. The Balaban J connectivity index is 1.83. The molecule has 3 amide bonds. The highest BCUT2D eigenvalue weighted by molar-refractivity contribution is 5.96. The monoisotopic (exact) mass is 261 g/mol. The van der Waals surface area contributed by atoms with Crippen molar-refractivity contribution in [3.63, 3.8) is 0 Å². The van der Waals surface area contributed by atoms with Crippen LogP contribution < -0.4 is 10.6 Å². The molecule has 0 aliphatic carbocycles. The van der Waals surface area contributed by atoms with Crippen LogP contribution in [0.4, 0.5) is 0 Å². The van der Waals surface area contributed by atoms with Crippen LogP contribution in [0.25, 0.3) is 0 Å². The molecule has 6 heteroatoms. The molecule has 1 fully saturated rings. The molecule has 0 bridgehead atoms. The average Bonchev–Trinajstić information content (AvgIpc) is 2.45. The maximum Gasteiger partial charge on any atom is 0.251 e. The molecule has 0 aromatic heterocycles. The standard InChI is InChI=1S/C13H15N3O3/c17-11-9-16(7-6-14-11)12(18)8-15-13(19)10-4-2-1-3-5-10/h1-5H,6-9H2,(H,14,17)(H,15,19). The number of carbonyl (C=O) groups is 3. The Kier molecular flexibility index (Phi) is 4.12. The highest BCUT2D eigenvalue weighted by Crippen LogP contribution is 1.98. The lowest BCUT2D eigenvalue weighted by Gasteiger charge is -2.26. The topological polar surface area (TPSA) is 78.5 Å². The Labute approximate surface area is 110 Å². The third kappa shape index (κ3) is 3.54. The fourth-order valence-corrected chi connectivity index (χ4v) is 1.81. The van der Waals surface area contributed by atoms with Gasteiger partial charge in [-0.3, -0.25) is 14.4 Å². The van der Waals surface area contributed by atoms with Crippen molar-refractivity contribution in [2.75, 3.05) is 26.2 Å². The van der Waals surface area contributed by atoms with Crippen LogP contribution in [0.5, 0.6) is 0 Å². The molecule has 0 saturated carbocycles. The molecule has 1 aliphatic rings. The Morgan fingerprint density at radius 1 is 1.26 bits per heavy atom. The third-order valence-electron chi connectivity index (χ3n) is 2.83. The highest BCUT2D eigenvalue weighted by Gasteiger charge is 2.21. The highest BCUT2D eigenvalue weighted by atomic mass is 16.2. The van der Waals surface area contributed by atoms with Crippen LogP contribution in [0, 0.1) is 0 Å². The molecular formula is C13H15N3O3. The second kappa shape index (κ2) is 5.99. The van der Waals surface area contributed by atoms with Crippen LogP contribution in [-0.2, 0) is 9.59 Å². The Bertz CT molecular complexity index is 487. The second-order valence-corrected chi connectivity index (χ2v) is 4.21. The van der Waals surface area contributed by atoms with Crippen LogP contribution in [-0.4, -0.2) is 48.8 Å². The molecule has 0 unspecified atom stereocenters. The molecule has 0 radical (unpaired) electrons. The summed E-state index contributed by atoms with van der Waals surface area (Å²) in [5.74, 6) is -0.719. The SMILES string of the molecule is O=C1CN(C(=O)CNC(=O)c2ccccc2)CCN1. The largest absolute Gasteiger partial charge is 0.353 e. The number of carbonyl (C=O) groups excluding carboxylic acids is 3. The van der Waals surface area contributed by atoms with E-state index in [0.717, 1.165) is 0 Å². The number of hydrogen-bond donors (Lipinski definition) is 2. The van der Waals surface area contributed by atoms with Gasteiger partial charge in [-0.15, -0.1) is 0 Å². The molecule has 2 rings (SSSR count). The van der Waals surface area contributed by atoms with E-state index >= 15 is 0 Å². The summed E-state index contributed by atoms with van der Waals surface area (Å²) in [6.45, 7) is 0.893. The normalized spacial score (nSPS) is 14.7. The smallest absolute Gasteiger partial charge is 0.251 e. The second-order valence-electron chi connectivity index (χ2n) is 4.21. The Morgan fingerprint density at radius 2 is 2.00 bits per heavy atom. The molecule has 19 heavy (non-hydrogen) atoms. The van der Waals surface area contributed by atoms with Crippen molar-refractivity contribution in [2.45, 2.75) is 0 Å². The van der Waals surface area contributed by atoms with Gasteiger partial charge in [0.15, 0.2) is 0 Å². The zero-order chi connectivity index (χ0) is 13.7. The van der Waals surface area contributed by atoms with Crippen molar-refractivity contribution < 1.29 is 14.4 Å². The van der Waals surface area contributed by atoms with Crippen molar-refractivity contribution in [1.82, 2.24) is 15.5 Å². The molecule has 6 nitrogen and oxygen atoms in total. The lowest BCUT2D eigenvalue weighted by molar-refractivity contribution is -0.137. The van der Waals surface area contributed by atoms with Crippen LogP contribution in [0.15, 0.2) is 30.3 Å². The van der Waals surface area contributed by atoms with Crippen molar-refractivity contribution in [1.29, 1.82) is 0 Å². The molecule has 1 aliphatic heterocycles. The molecule has 1 heterocycles. The fourth-order valence-electron chi connectivity index (χ4n) is 1.81. The zero-order valence-electron chi connectivity index (χ0n) is 10.4. The molecule has 2 N–H and O–H groups in total. The summed E-state index contributed by atoms with van der Waals surface area (Å²) < 4.78 is 0. The van der Waals surface area contributed by atoms with Crippen LogP contribution >= 0.6 is 0 Å². The zero-order valence-corrected chi connectivity index (χ0v) is 10.4. The van der Waals surface area contributed by atoms with Crippen molar-refractivity contribution in [3.8, 4) is 0 Å². The van der Waals surface area contributed by atoms with Gasteiger partial charge in [0.05, 0.1) is 13.1 Å². The predicted molar refractivity (Wildman–Crippen MR) is 68.4 cm³/mol. The first kappa shape index (κ1) is 13.1. The molecule has 1 saturated heterocycles. The predicted octanol–water partition coefficient (Wildman–Crippen LogP) is -0.625. The first-order valence-corrected chi connectivity index (χ1v) is 6.04.